The molecule has 0 saturated carbocycles. The van der Waals surface area contributed by atoms with Crippen LogP contribution in [0, 0.1) is 0 Å². The molecule has 4 rings (SSSR count). The molecule has 1 heterocycles. The van der Waals surface area contributed by atoms with Crippen LogP contribution in [-0.4, -0.2) is 57.9 Å². The number of carbonyl (C=O) groups is 2. The average molecular weight is 606 g/mol. The third-order valence-corrected chi connectivity index (χ3v) is 8.07. The monoisotopic (exact) mass is 605 g/mol. The number of aliphatic hydroxyl groups is 2. The lowest BCUT2D eigenvalue weighted by atomic mass is 9.98. The van der Waals surface area contributed by atoms with Crippen LogP contribution in [0.5, 0.6) is 0 Å². The number of carbonyl (C=O) groups excluding carboxylic acids is 2. The highest BCUT2D eigenvalue weighted by Gasteiger charge is 2.34. The van der Waals surface area contributed by atoms with Crippen molar-refractivity contribution >= 4 is 11.8 Å². The van der Waals surface area contributed by atoms with Crippen molar-refractivity contribution in [3.63, 3.8) is 0 Å². The maximum absolute atomic E-state index is 12.1. The summed E-state index contributed by atoms with van der Waals surface area (Å²) < 4.78 is 12.9. The Balaban J connectivity index is 1.42. The van der Waals surface area contributed by atoms with Gasteiger partial charge >= 0.3 is 0 Å². The van der Waals surface area contributed by atoms with Gasteiger partial charge in [-0.15, -0.1) is 0 Å². The van der Waals surface area contributed by atoms with Crippen LogP contribution < -0.4 is 10.8 Å². The third kappa shape index (κ3) is 9.43. The Morgan fingerprint density at radius 3 is 2.20 bits per heavy atom. The summed E-state index contributed by atoms with van der Waals surface area (Å²) in [5.74, 6) is -0.689. The minimum Gasteiger partial charge on any atom is -0.392 e. The highest BCUT2D eigenvalue weighted by atomic mass is 16.7. The van der Waals surface area contributed by atoms with Gasteiger partial charge in [-0.25, -0.2) is 5.48 Å². The van der Waals surface area contributed by atoms with Crippen molar-refractivity contribution in [3.05, 3.63) is 107 Å². The molecular formula is C34H43N3O7. The van der Waals surface area contributed by atoms with Crippen molar-refractivity contribution in [2.45, 2.75) is 76.4 Å². The Kier molecular flexibility index (Phi) is 12.4. The number of nitrogens with zero attached hydrogens (tertiary/aromatic N) is 1. The zero-order valence-electron chi connectivity index (χ0n) is 25.3. The summed E-state index contributed by atoms with van der Waals surface area (Å²) in [6.07, 6.45) is -0.454. The molecule has 236 valence electrons. The number of rotatable bonds is 14. The number of amides is 2. The first-order valence-electron chi connectivity index (χ1n) is 15.0. The van der Waals surface area contributed by atoms with E-state index in [1.54, 1.807) is 5.48 Å². The van der Waals surface area contributed by atoms with Gasteiger partial charge in [-0.1, -0.05) is 78.9 Å². The maximum Gasteiger partial charge on any atom is 0.243 e. The predicted octanol–water partition coefficient (Wildman–Crippen LogP) is 4.07. The minimum atomic E-state index is -0.647. The van der Waals surface area contributed by atoms with Crippen molar-refractivity contribution in [1.29, 1.82) is 0 Å². The summed E-state index contributed by atoms with van der Waals surface area (Å²) >= 11 is 0. The fourth-order valence-electron chi connectivity index (χ4n) is 5.24. The van der Waals surface area contributed by atoms with E-state index in [9.17, 15) is 19.8 Å². The Morgan fingerprint density at radius 1 is 0.909 bits per heavy atom. The maximum atomic E-state index is 12.1. The summed E-state index contributed by atoms with van der Waals surface area (Å²) in [4.78, 5) is 25.3. The molecule has 1 aliphatic rings. The number of likely N-dealkylation sites (N-methyl/N-ethyl adjacent to an activating group) is 1. The van der Waals surface area contributed by atoms with E-state index in [0.29, 0.717) is 25.9 Å². The van der Waals surface area contributed by atoms with Gasteiger partial charge in [0.25, 0.3) is 0 Å². The van der Waals surface area contributed by atoms with Gasteiger partial charge in [-0.2, -0.15) is 0 Å². The molecule has 1 aliphatic heterocycles. The largest absolute Gasteiger partial charge is 0.392 e. The number of ether oxygens (including phenoxy) is 2. The van der Waals surface area contributed by atoms with Crippen molar-refractivity contribution in [2.24, 2.45) is 0 Å². The molecule has 0 spiro atoms. The summed E-state index contributed by atoms with van der Waals surface area (Å²) in [5, 5.41) is 31.9. The van der Waals surface area contributed by atoms with Crippen LogP contribution in [0.2, 0.25) is 0 Å². The third-order valence-electron chi connectivity index (χ3n) is 8.07. The first kappa shape index (κ1) is 33.3. The predicted molar refractivity (Wildman–Crippen MR) is 164 cm³/mol. The van der Waals surface area contributed by atoms with Gasteiger partial charge in [0.15, 0.2) is 6.29 Å². The first-order valence-corrected chi connectivity index (χ1v) is 15.0. The van der Waals surface area contributed by atoms with Crippen LogP contribution in [0.4, 0.5) is 0 Å². The molecule has 0 aromatic heterocycles. The van der Waals surface area contributed by atoms with Gasteiger partial charge in [-0.05, 0) is 42.6 Å². The molecule has 1 saturated heterocycles. The zero-order chi connectivity index (χ0) is 31.5. The van der Waals surface area contributed by atoms with Crippen molar-refractivity contribution < 1.29 is 34.5 Å². The van der Waals surface area contributed by atoms with Gasteiger partial charge in [0.1, 0.15) is 0 Å². The summed E-state index contributed by atoms with van der Waals surface area (Å²) in [6.45, 7) is 2.90. The number of nitrogens with one attached hydrogen (secondary N) is 2. The van der Waals surface area contributed by atoms with E-state index < -0.39 is 18.3 Å². The summed E-state index contributed by atoms with van der Waals surface area (Å²) in [7, 11) is 1.99. The van der Waals surface area contributed by atoms with Crippen molar-refractivity contribution in [2.75, 3.05) is 13.6 Å². The molecule has 1 fully saturated rings. The fourth-order valence-corrected chi connectivity index (χ4v) is 5.24. The van der Waals surface area contributed by atoms with E-state index in [4.69, 9.17) is 14.7 Å². The molecule has 0 radical (unpaired) electrons. The van der Waals surface area contributed by atoms with Gasteiger partial charge < -0.3 is 25.0 Å². The molecule has 44 heavy (non-hydrogen) atoms. The van der Waals surface area contributed by atoms with E-state index in [0.717, 1.165) is 27.8 Å². The Hall–Kier alpha value is -3.64. The molecule has 0 unspecified atom stereocenters. The molecule has 0 bridgehead atoms. The van der Waals surface area contributed by atoms with Gasteiger partial charge in [0.2, 0.25) is 11.8 Å². The standard InChI is InChI=1S/C34H43N3O7/c1-23(33(41)27-7-4-3-5-8-27)37(2)21-29-19-30(26-15-13-25(22-38)14-16-26)44-34(43-29)28-17-11-24(12-18-28)20-35-31(39)9-6-10-32(40)36-42/h3-5,7-8,11-18,23,29-30,33-34,38,41-42H,6,9-10,19-22H2,1-2H3,(H,35,39)(H,36,40)/t23-,29-,30+,33-,34+/m1/s1. The molecular weight excluding hydrogens is 562 g/mol. The SMILES string of the molecule is C[C@H]([C@@H](O)c1ccccc1)N(C)C[C@H]1C[C@@H](c2ccc(CO)cc2)O[C@@H](c2ccc(CNC(=O)CCCC(=O)NO)cc2)O1. The molecule has 5 atom stereocenters. The van der Waals surface area contributed by atoms with E-state index in [-0.39, 0.29) is 43.6 Å². The molecule has 10 heteroatoms. The fraction of sp³-hybridized carbons (Fsp3) is 0.412. The quantitative estimate of drug-likeness (QED) is 0.137. The smallest absolute Gasteiger partial charge is 0.243 e. The molecule has 0 aliphatic carbocycles. The van der Waals surface area contributed by atoms with Crippen LogP contribution >= 0.6 is 0 Å². The second-order valence-corrected chi connectivity index (χ2v) is 11.3. The van der Waals surface area contributed by atoms with Crippen LogP contribution in [0.25, 0.3) is 0 Å². The molecule has 3 aromatic rings. The number of aliphatic hydroxyl groups excluding tert-OH is 2. The minimum absolute atomic E-state index is 0.0275. The van der Waals surface area contributed by atoms with E-state index in [1.165, 1.54) is 0 Å². The normalized spacial score (nSPS) is 19.7. The Morgan fingerprint density at radius 2 is 1.55 bits per heavy atom. The highest BCUT2D eigenvalue weighted by Crippen LogP contribution is 2.38. The Bertz CT molecular complexity index is 1320. The average Bonchev–Trinajstić information content (AvgIpc) is 3.07. The van der Waals surface area contributed by atoms with Crippen LogP contribution in [0.1, 0.15) is 78.9 Å². The van der Waals surface area contributed by atoms with Crippen LogP contribution in [-0.2, 0) is 32.2 Å². The first-order chi connectivity index (χ1) is 21.3. The lowest BCUT2D eigenvalue weighted by molar-refractivity contribution is -0.253. The van der Waals surface area contributed by atoms with Gasteiger partial charge in [0, 0.05) is 44.0 Å². The number of benzene rings is 3. The molecule has 2 amide bonds. The number of hydrogen-bond donors (Lipinski definition) is 5. The number of hydroxylamine groups is 1. The van der Waals surface area contributed by atoms with E-state index >= 15 is 0 Å². The lowest BCUT2D eigenvalue weighted by Crippen LogP contribution is -2.43. The van der Waals surface area contributed by atoms with Crippen LogP contribution in [0.3, 0.4) is 0 Å². The van der Waals surface area contributed by atoms with Crippen LogP contribution in [0.15, 0.2) is 78.9 Å². The topological polar surface area (TPSA) is 141 Å². The summed E-state index contributed by atoms with van der Waals surface area (Å²) in [5.41, 5.74) is 6.00. The van der Waals surface area contributed by atoms with Gasteiger partial charge in [-0.3, -0.25) is 19.7 Å². The molecule has 3 aromatic carbocycles. The summed E-state index contributed by atoms with van der Waals surface area (Å²) in [6, 6.07) is 24.9. The molecule has 5 N–H and O–H groups in total. The van der Waals surface area contributed by atoms with E-state index in [2.05, 4.69) is 10.2 Å². The van der Waals surface area contributed by atoms with Gasteiger partial charge in [0.05, 0.1) is 24.9 Å². The van der Waals surface area contributed by atoms with Crippen molar-refractivity contribution in [1.82, 2.24) is 15.7 Å². The highest BCUT2D eigenvalue weighted by molar-refractivity contribution is 5.78. The Labute approximate surface area is 258 Å². The zero-order valence-corrected chi connectivity index (χ0v) is 25.3. The second kappa shape index (κ2) is 16.4. The van der Waals surface area contributed by atoms with Crippen molar-refractivity contribution in [3.8, 4) is 0 Å². The second-order valence-electron chi connectivity index (χ2n) is 11.3. The van der Waals surface area contributed by atoms with E-state index in [1.807, 2.05) is 92.8 Å². The number of hydrogen-bond acceptors (Lipinski definition) is 8. The lowest BCUT2D eigenvalue weighted by Gasteiger charge is -2.39. The molecule has 10 nitrogen and oxygen atoms in total.